The molecular formula is C12H19BClNO4. The number of pyridine rings is 1. The third-order valence-corrected chi connectivity index (χ3v) is 3.46. The molecule has 0 aliphatic carbocycles. The molecule has 0 aliphatic rings. The lowest BCUT2D eigenvalue weighted by Gasteiger charge is -2.38. The van der Waals surface area contributed by atoms with Crippen LogP contribution in [-0.2, 0) is 4.65 Å². The van der Waals surface area contributed by atoms with E-state index in [1.54, 1.807) is 27.7 Å². The average Bonchev–Trinajstić information content (AvgIpc) is 2.26. The number of aliphatic hydroxyl groups is 1. The maximum absolute atomic E-state index is 10.0. The topological polar surface area (TPSA) is 71.8 Å². The highest BCUT2D eigenvalue weighted by atomic mass is 35.5. The number of ether oxygens (including phenoxy) is 1. The van der Waals surface area contributed by atoms with Crippen molar-refractivity contribution in [2.24, 2.45) is 0 Å². The molecule has 7 heteroatoms. The van der Waals surface area contributed by atoms with Crippen LogP contribution < -0.4 is 10.2 Å². The Morgan fingerprint density at radius 1 is 1.32 bits per heavy atom. The van der Waals surface area contributed by atoms with E-state index in [2.05, 4.69) is 4.98 Å². The summed E-state index contributed by atoms with van der Waals surface area (Å²) >= 11 is 5.93. The lowest BCUT2D eigenvalue weighted by atomic mass is 9.77. The minimum Gasteiger partial charge on any atom is -0.480 e. The summed E-state index contributed by atoms with van der Waals surface area (Å²) in [5, 5.41) is 20.3. The molecular weight excluding hydrogens is 268 g/mol. The van der Waals surface area contributed by atoms with Crippen molar-refractivity contribution in [3.05, 3.63) is 17.3 Å². The van der Waals surface area contributed by atoms with Crippen LogP contribution in [0, 0.1) is 0 Å². The van der Waals surface area contributed by atoms with E-state index >= 15 is 0 Å². The molecule has 5 nitrogen and oxygen atoms in total. The number of methoxy groups -OCH3 is 1. The minimum absolute atomic E-state index is 0.277. The van der Waals surface area contributed by atoms with Crippen LogP contribution in [0.1, 0.15) is 27.7 Å². The number of aromatic nitrogens is 1. The zero-order valence-electron chi connectivity index (χ0n) is 11.8. The molecule has 0 radical (unpaired) electrons. The van der Waals surface area contributed by atoms with Gasteiger partial charge >= 0.3 is 7.12 Å². The SMILES string of the molecule is COc1ncc(B(O)OC(C)(C)C(C)(C)O)cc1Cl. The Bertz CT molecular complexity index is 448. The van der Waals surface area contributed by atoms with Gasteiger partial charge in [-0.1, -0.05) is 11.6 Å². The molecule has 0 saturated carbocycles. The molecule has 0 atom stereocenters. The molecule has 106 valence electrons. The van der Waals surface area contributed by atoms with Crippen molar-refractivity contribution < 1.29 is 19.5 Å². The van der Waals surface area contributed by atoms with E-state index in [9.17, 15) is 10.1 Å². The summed E-state index contributed by atoms with van der Waals surface area (Å²) in [6.45, 7) is 6.60. The fourth-order valence-corrected chi connectivity index (χ4v) is 1.47. The van der Waals surface area contributed by atoms with Gasteiger partial charge in [-0.05, 0) is 33.8 Å². The summed E-state index contributed by atoms with van der Waals surface area (Å²) in [6.07, 6.45) is 1.41. The zero-order chi connectivity index (χ0) is 14.8. The van der Waals surface area contributed by atoms with Crippen molar-refractivity contribution in [3.63, 3.8) is 0 Å². The maximum atomic E-state index is 10.0. The second kappa shape index (κ2) is 5.67. The van der Waals surface area contributed by atoms with Crippen LogP contribution >= 0.6 is 11.6 Å². The Hall–Kier alpha value is -0.815. The van der Waals surface area contributed by atoms with Gasteiger partial charge in [-0.15, -0.1) is 0 Å². The van der Waals surface area contributed by atoms with Crippen molar-refractivity contribution in [2.75, 3.05) is 7.11 Å². The predicted molar refractivity (Wildman–Crippen MR) is 74.9 cm³/mol. The first kappa shape index (κ1) is 16.2. The van der Waals surface area contributed by atoms with E-state index in [0.717, 1.165) is 0 Å². The standard InChI is InChI=1S/C12H19BClNO4/c1-11(2,16)12(3,4)19-13(17)8-6-9(14)10(18-5)15-7-8/h6-7,16-17H,1-5H3. The van der Waals surface area contributed by atoms with Crippen molar-refractivity contribution in [3.8, 4) is 5.88 Å². The smallest absolute Gasteiger partial charge is 0.480 e. The number of nitrogens with zero attached hydrogens (tertiary/aromatic N) is 1. The highest BCUT2D eigenvalue weighted by Crippen LogP contribution is 2.25. The zero-order valence-corrected chi connectivity index (χ0v) is 12.5. The largest absolute Gasteiger partial charge is 0.493 e. The van der Waals surface area contributed by atoms with Crippen LogP contribution in [0.2, 0.25) is 5.02 Å². The Morgan fingerprint density at radius 3 is 2.32 bits per heavy atom. The van der Waals surface area contributed by atoms with E-state index in [1.807, 2.05) is 0 Å². The quantitative estimate of drug-likeness (QED) is 0.791. The van der Waals surface area contributed by atoms with Gasteiger partial charge < -0.3 is 19.5 Å². The summed E-state index contributed by atoms with van der Waals surface area (Å²) in [4.78, 5) is 3.95. The van der Waals surface area contributed by atoms with Gasteiger partial charge in [0.1, 0.15) is 5.02 Å². The first-order chi connectivity index (χ1) is 8.58. The van der Waals surface area contributed by atoms with Crippen LogP contribution in [0.25, 0.3) is 0 Å². The van der Waals surface area contributed by atoms with Crippen molar-refractivity contribution in [1.82, 2.24) is 4.98 Å². The van der Waals surface area contributed by atoms with Gasteiger partial charge in [0.15, 0.2) is 0 Å². The normalized spacial score (nSPS) is 12.4. The Kier molecular flexibility index (Phi) is 4.84. The molecule has 2 N–H and O–H groups in total. The second-order valence-corrected chi connectivity index (χ2v) is 5.71. The van der Waals surface area contributed by atoms with E-state index in [0.29, 0.717) is 5.46 Å². The second-order valence-electron chi connectivity index (χ2n) is 5.30. The minimum atomic E-state index is -1.24. The van der Waals surface area contributed by atoms with Crippen molar-refractivity contribution >= 4 is 24.2 Å². The van der Waals surface area contributed by atoms with Gasteiger partial charge in [-0.3, -0.25) is 0 Å². The molecule has 0 saturated heterocycles. The van der Waals surface area contributed by atoms with Gasteiger partial charge in [-0.25, -0.2) is 4.98 Å². The van der Waals surface area contributed by atoms with Crippen LogP contribution in [0.4, 0.5) is 0 Å². The fraction of sp³-hybridized carbons (Fsp3) is 0.583. The lowest BCUT2D eigenvalue weighted by molar-refractivity contribution is -0.0982. The van der Waals surface area contributed by atoms with E-state index in [1.165, 1.54) is 19.4 Å². The molecule has 1 aromatic rings. The van der Waals surface area contributed by atoms with Gasteiger partial charge in [0.25, 0.3) is 0 Å². The number of hydrogen-bond acceptors (Lipinski definition) is 5. The summed E-state index contributed by atoms with van der Waals surface area (Å²) in [5.41, 5.74) is -1.67. The monoisotopic (exact) mass is 287 g/mol. The Balaban J connectivity index is 2.90. The maximum Gasteiger partial charge on any atom is 0.493 e. The summed E-state index contributed by atoms with van der Waals surface area (Å²) < 4.78 is 10.4. The number of hydrogen-bond donors (Lipinski definition) is 2. The molecule has 0 spiro atoms. The molecule has 0 fully saturated rings. The summed E-state index contributed by atoms with van der Waals surface area (Å²) in [6, 6.07) is 1.51. The van der Waals surface area contributed by atoms with E-state index < -0.39 is 18.3 Å². The Labute approximate surface area is 118 Å². The van der Waals surface area contributed by atoms with Gasteiger partial charge in [-0.2, -0.15) is 0 Å². The first-order valence-electron chi connectivity index (χ1n) is 5.86. The molecule has 1 rings (SSSR count). The molecule has 0 amide bonds. The van der Waals surface area contributed by atoms with Crippen LogP contribution in [0.15, 0.2) is 12.3 Å². The average molecular weight is 288 g/mol. The molecule has 1 aromatic heterocycles. The molecule has 0 aliphatic heterocycles. The summed E-state index contributed by atoms with van der Waals surface area (Å²) in [7, 11) is 0.218. The molecule has 0 bridgehead atoms. The van der Waals surface area contributed by atoms with Gasteiger partial charge in [0.05, 0.1) is 18.3 Å². The third kappa shape index (κ3) is 3.83. The molecule has 0 unspecified atom stereocenters. The van der Waals surface area contributed by atoms with Crippen LogP contribution in [-0.4, -0.2) is 40.5 Å². The first-order valence-corrected chi connectivity index (χ1v) is 6.24. The molecule has 1 heterocycles. The highest BCUT2D eigenvalue weighted by molar-refractivity contribution is 6.60. The fourth-order valence-electron chi connectivity index (χ4n) is 1.22. The van der Waals surface area contributed by atoms with Crippen LogP contribution in [0.5, 0.6) is 5.88 Å². The van der Waals surface area contributed by atoms with Gasteiger partial charge in [0.2, 0.25) is 5.88 Å². The predicted octanol–water partition coefficient (Wildman–Crippen LogP) is 0.997. The van der Waals surface area contributed by atoms with Crippen LogP contribution in [0.3, 0.4) is 0 Å². The van der Waals surface area contributed by atoms with Gasteiger partial charge in [0, 0.05) is 11.7 Å². The molecule has 19 heavy (non-hydrogen) atoms. The Morgan fingerprint density at radius 2 is 1.89 bits per heavy atom. The summed E-state index contributed by atoms with van der Waals surface area (Å²) in [5.74, 6) is 0.277. The molecule has 0 aromatic carbocycles. The third-order valence-electron chi connectivity index (χ3n) is 3.19. The van der Waals surface area contributed by atoms with Crippen molar-refractivity contribution in [2.45, 2.75) is 38.9 Å². The van der Waals surface area contributed by atoms with E-state index in [4.69, 9.17) is 21.0 Å². The lowest BCUT2D eigenvalue weighted by Crippen LogP contribution is -2.53. The van der Waals surface area contributed by atoms with E-state index in [-0.39, 0.29) is 10.9 Å². The van der Waals surface area contributed by atoms with Crippen molar-refractivity contribution in [1.29, 1.82) is 0 Å². The number of halogens is 1. The number of rotatable bonds is 5. The highest BCUT2D eigenvalue weighted by Gasteiger charge is 2.39.